The third-order valence-electron chi connectivity index (χ3n) is 1.98. The lowest BCUT2D eigenvalue weighted by Crippen LogP contribution is -1.97. The zero-order valence-corrected chi connectivity index (χ0v) is 7.85. The van der Waals surface area contributed by atoms with Gasteiger partial charge in [0, 0.05) is 6.42 Å². The van der Waals surface area contributed by atoms with Gasteiger partial charge in [-0.15, -0.1) is 0 Å². The Morgan fingerprint density at radius 3 is 1.83 bits per heavy atom. The molecular weight excluding hydrogens is 150 g/mol. The molecule has 0 bridgehead atoms. The Morgan fingerprint density at radius 2 is 1.33 bits per heavy atom. The van der Waals surface area contributed by atoms with Gasteiger partial charge in [0.2, 0.25) is 0 Å². The van der Waals surface area contributed by atoms with Crippen molar-refractivity contribution in [3.05, 3.63) is 0 Å². The van der Waals surface area contributed by atoms with E-state index in [1.54, 1.807) is 0 Å². The smallest absolute Gasteiger partial charge is 0.198 e. The second-order valence-electron chi connectivity index (χ2n) is 3.16. The first-order valence-corrected chi connectivity index (χ1v) is 4.97. The summed E-state index contributed by atoms with van der Waals surface area (Å²) in [6, 6.07) is 0. The Bertz CT molecular complexity index is 93.8. The van der Waals surface area contributed by atoms with E-state index >= 15 is 0 Å². The molecule has 2 heteroatoms. The minimum Gasteiger partial charge on any atom is -0.330 e. The summed E-state index contributed by atoms with van der Waals surface area (Å²) in [6.07, 6.45) is 11.0. The van der Waals surface area contributed by atoms with Gasteiger partial charge in [-0.25, -0.2) is 0 Å². The van der Waals surface area contributed by atoms with Crippen LogP contribution in [0.4, 0.5) is 0 Å². The second-order valence-corrected chi connectivity index (χ2v) is 3.16. The van der Waals surface area contributed by atoms with Crippen molar-refractivity contribution in [1.29, 1.82) is 0 Å². The number of nitrogens with two attached hydrogens (primary N) is 1. The molecule has 12 heavy (non-hydrogen) atoms. The number of rotatable bonds is 9. The van der Waals surface area contributed by atoms with Gasteiger partial charge in [-0.2, -0.15) is 0 Å². The highest BCUT2D eigenvalue weighted by molar-refractivity contribution is 5.50. The molecule has 0 atom stereocenters. The summed E-state index contributed by atoms with van der Waals surface area (Å²) in [5.41, 5.74) is 5.37. The molecule has 0 aliphatic rings. The maximum Gasteiger partial charge on any atom is 0.198 e. The molecular formula is C10H20NO. The summed E-state index contributed by atoms with van der Waals surface area (Å²) in [7, 11) is 0. The van der Waals surface area contributed by atoms with E-state index in [-0.39, 0.29) is 0 Å². The van der Waals surface area contributed by atoms with Gasteiger partial charge in [-0.05, 0) is 19.4 Å². The Labute approximate surface area is 75.5 Å². The number of carbonyl (C=O) groups excluding carboxylic acids is 1. The van der Waals surface area contributed by atoms with Crippen molar-refractivity contribution < 1.29 is 4.79 Å². The Morgan fingerprint density at radius 1 is 0.833 bits per heavy atom. The van der Waals surface area contributed by atoms with Crippen molar-refractivity contribution in [3.8, 4) is 0 Å². The Balaban J connectivity index is 2.77. The fraction of sp³-hybridized carbons (Fsp3) is 0.900. The molecule has 0 fully saturated rings. The summed E-state index contributed by atoms with van der Waals surface area (Å²) < 4.78 is 0. The van der Waals surface area contributed by atoms with Crippen molar-refractivity contribution in [2.24, 2.45) is 5.73 Å². The van der Waals surface area contributed by atoms with Crippen molar-refractivity contribution >= 4 is 6.29 Å². The van der Waals surface area contributed by atoms with Gasteiger partial charge in [0.25, 0.3) is 0 Å². The van der Waals surface area contributed by atoms with Gasteiger partial charge in [-0.1, -0.05) is 32.1 Å². The van der Waals surface area contributed by atoms with Crippen molar-refractivity contribution in [3.63, 3.8) is 0 Å². The lowest BCUT2D eigenvalue weighted by Gasteiger charge is -1.98. The topological polar surface area (TPSA) is 43.1 Å². The molecule has 0 aromatic rings. The molecule has 0 amide bonds. The third kappa shape index (κ3) is 9.63. The lowest BCUT2D eigenvalue weighted by molar-refractivity contribution is 0.540. The van der Waals surface area contributed by atoms with Crippen LogP contribution in [-0.2, 0) is 4.79 Å². The molecule has 2 N–H and O–H groups in total. The quantitative estimate of drug-likeness (QED) is 0.539. The van der Waals surface area contributed by atoms with Crippen molar-refractivity contribution in [1.82, 2.24) is 0 Å². The molecule has 2 nitrogen and oxygen atoms in total. The van der Waals surface area contributed by atoms with Gasteiger partial charge in [0.1, 0.15) is 0 Å². The molecule has 71 valence electrons. The lowest BCUT2D eigenvalue weighted by atomic mass is 10.1. The fourth-order valence-corrected chi connectivity index (χ4v) is 1.23. The molecule has 0 saturated carbocycles. The summed E-state index contributed by atoms with van der Waals surface area (Å²) >= 11 is 0. The van der Waals surface area contributed by atoms with Gasteiger partial charge in [0.15, 0.2) is 6.29 Å². The van der Waals surface area contributed by atoms with Crippen LogP contribution in [0, 0.1) is 0 Å². The van der Waals surface area contributed by atoms with Gasteiger partial charge >= 0.3 is 0 Å². The summed E-state index contributed by atoms with van der Waals surface area (Å²) in [4.78, 5) is 9.84. The van der Waals surface area contributed by atoms with Gasteiger partial charge in [0.05, 0.1) is 0 Å². The maximum atomic E-state index is 9.84. The Hall–Kier alpha value is -0.370. The van der Waals surface area contributed by atoms with Crippen molar-refractivity contribution in [2.75, 3.05) is 6.54 Å². The van der Waals surface area contributed by atoms with E-state index in [0.717, 1.165) is 19.4 Å². The summed E-state index contributed by atoms with van der Waals surface area (Å²) in [5, 5.41) is 0. The van der Waals surface area contributed by atoms with Gasteiger partial charge in [-0.3, -0.25) is 4.79 Å². The van der Waals surface area contributed by atoms with E-state index < -0.39 is 0 Å². The van der Waals surface area contributed by atoms with E-state index in [0.29, 0.717) is 6.42 Å². The molecule has 0 aliphatic carbocycles. The number of hydrogen-bond acceptors (Lipinski definition) is 2. The molecule has 0 aromatic carbocycles. The first kappa shape index (κ1) is 11.6. The van der Waals surface area contributed by atoms with Crippen LogP contribution in [0.3, 0.4) is 0 Å². The Kier molecular flexibility index (Phi) is 10.3. The van der Waals surface area contributed by atoms with E-state index in [9.17, 15) is 4.79 Å². The van der Waals surface area contributed by atoms with E-state index in [2.05, 4.69) is 0 Å². The predicted molar refractivity (Wildman–Crippen MR) is 51.7 cm³/mol. The highest BCUT2D eigenvalue weighted by Gasteiger charge is 1.90. The van der Waals surface area contributed by atoms with Crippen LogP contribution in [0.2, 0.25) is 0 Å². The third-order valence-corrected chi connectivity index (χ3v) is 1.98. The van der Waals surface area contributed by atoms with Crippen LogP contribution >= 0.6 is 0 Å². The fourth-order valence-electron chi connectivity index (χ4n) is 1.23. The SMILES string of the molecule is NCCCCCCCCC[C]=O. The maximum absolute atomic E-state index is 9.84. The number of unbranched alkanes of at least 4 members (excludes halogenated alkanes) is 7. The highest BCUT2D eigenvalue weighted by Crippen LogP contribution is 2.07. The average Bonchev–Trinajstić information content (AvgIpc) is 2.10. The molecule has 0 heterocycles. The molecule has 0 rings (SSSR count). The summed E-state index contributed by atoms with van der Waals surface area (Å²) in [6.45, 7) is 0.820. The van der Waals surface area contributed by atoms with Crippen LogP contribution in [0.1, 0.15) is 51.4 Å². The van der Waals surface area contributed by atoms with Crippen LogP contribution in [-0.4, -0.2) is 12.8 Å². The molecule has 1 radical (unpaired) electrons. The van der Waals surface area contributed by atoms with Gasteiger partial charge < -0.3 is 5.73 Å². The van der Waals surface area contributed by atoms with Crippen LogP contribution in [0.15, 0.2) is 0 Å². The summed E-state index contributed by atoms with van der Waals surface area (Å²) in [5.74, 6) is 0. The van der Waals surface area contributed by atoms with Crippen molar-refractivity contribution in [2.45, 2.75) is 51.4 Å². The standard InChI is InChI=1S/C10H20NO/c11-9-7-5-3-1-2-4-6-8-10-12/h1-9,11H2. The van der Waals surface area contributed by atoms with Crippen LogP contribution < -0.4 is 5.73 Å². The minimum atomic E-state index is 0.614. The predicted octanol–water partition coefficient (Wildman–Crippen LogP) is 2.18. The zero-order chi connectivity index (χ0) is 9.07. The minimum absolute atomic E-state index is 0.614. The number of hydrogen-bond donors (Lipinski definition) is 1. The van der Waals surface area contributed by atoms with E-state index in [1.165, 1.54) is 32.1 Å². The van der Waals surface area contributed by atoms with Crippen LogP contribution in [0.5, 0.6) is 0 Å². The van der Waals surface area contributed by atoms with E-state index in [1.807, 2.05) is 6.29 Å². The monoisotopic (exact) mass is 170 g/mol. The zero-order valence-electron chi connectivity index (χ0n) is 7.85. The first-order chi connectivity index (χ1) is 5.91. The average molecular weight is 170 g/mol. The molecule has 0 aliphatic heterocycles. The first-order valence-electron chi connectivity index (χ1n) is 4.97. The normalized spacial score (nSPS) is 10.1. The largest absolute Gasteiger partial charge is 0.330 e. The molecule has 0 spiro atoms. The molecule has 0 aromatic heterocycles. The second kappa shape index (κ2) is 10.6. The molecule has 0 unspecified atom stereocenters. The highest BCUT2D eigenvalue weighted by atomic mass is 16.1. The molecule has 0 saturated heterocycles. The van der Waals surface area contributed by atoms with E-state index in [4.69, 9.17) is 5.73 Å². The van der Waals surface area contributed by atoms with Crippen LogP contribution in [0.25, 0.3) is 0 Å².